The molecule has 0 fully saturated rings. The summed E-state index contributed by atoms with van der Waals surface area (Å²) in [6.07, 6.45) is 1.05. The monoisotopic (exact) mass is 287 g/mol. The van der Waals surface area contributed by atoms with Crippen molar-refractivity contribution in [1.82, 2.24) is 5.32 Å². The lowest BCUT2D eigenvalue weighted by molar-refractivity contribution is 0.357. The predicted molar refractivity (Wildman–Crippen MR) is 84.7 cm³/mol. The summed E-state index contributed by atoms with van der Waals surface area (Å²) in [7, 11) is 0. The molecule has 2 heterocycles. The van der Waals surface area contributed by atoms with Crippen molar-refractivity contribution < 1.29 is 4.74 Å². The Bertz CT molecular complexity index is 575. The molecule has 2 aromatic rings. The fourth-order valence-corrected chi connectivity index (χ4v) is 3.47. The van der Waals surface area contributed by atoms with Gasteiger partial charge in [0.25, 0.3) is 0 Å². The van der Waals surface area contributed by atoms with Gasteiger partial charge in [-0.05, 0) is 28.6 Å². The summed E-state index contributed by atoms with van der Waals surface area (Å²) in [6.45, 7) is 7.32. The van der Waals surface area contributed by atoms with Crippen molar-refractivity contribution in [3.8, 4) is 5.75 Å². The first-order chi connectivity index (χ1) is 9.65. The molecule has 1 aliphatic rings. The van der Waals surface area contributed by atoms with Crippen LogP contribution in [0.2, 0.25) is 0 Å². The molecule has 0 saturated heterocycles. The Hall–Kier alpha value is -1.32. The van der Waals surface area contributed by atoms with Crippen LogP contribution < -0.4 is 10.1 Å². The third-order valence-corrected chi connectivity index (χ3v) is 5.07. The molecular weight excluding hydrogens is 266 g/mol. The number of hydrogen-bond acceptors (Lipinski definition) is 3. The number of ether oxygens (including phenoxy) is 1. The van der Waals surface area contributed by atoms with Crippen LogP contribution in [0.5, 0.6) is 5.75 Å². The molecule has 1 aromatic carbocycles. The largest absolute Gasteiger partial charge is 0.493 e. The second-order valence-electron chi connectivity index (χ2n) is 6.01. The van der Waals surface area contributed by atoms with Gasteiger partial charge in [-0.1, -0.05) is 32.0 Å². The molecule has 1 aliphatic heterocycles. The lowest BCUT2D eigenvalue weighted by Gasteiger charge is -2.23. The fourth-order valence-electron chi connectivity index (χ4n) is 2.62. The van der Waals surface area contributed by atoms with Crippen LogP contribution in [0.25, 0.3) is 0 Å². The zero-order valence-electron chi connectivity index (χ0n) is 12.1. The van der Waals surface area contributed by atoms with Crippen LogP contribution in [0, 0.1) is 0 Å². The molecule has 0 saturated carbocycles. The molecule has 1 aromatic heterocycles. The summed E-state index contributed by atoms with van der Waals surface area (Å²) >= 11 is 1.84. The fraction of sp³-hybridized carbons (Fsp3) is 0.412. The molecule has 106 valence electrons. The van der Waals surface area contributed by atoms with Gasteiger partial charge in [-0.2, -0.15) is 0 Å². The van der Waals surface area contributed by atoms with Crippen molar-refractivity contribution in [2.24, 2.45) is 0 Å². The second-order valence-corrected chi connectivity index (χ2v) is 6.95. The smallest absolute Gasteiger partial charge is 0.122 e. The molecule has 1 N–H and O–H groups in total. The zero-order chi connectivity index (χ0) is 14.0. The maximum absolute atomic E-state index is 5.54. The van der Waals surface area contributed by atoms with E-state index < -0.39 is 0 Å². The van der Waals surface area contributed by atoms with E-state index in [4.69, 9.17) is 4.74 Å². The van der Waals surface area contributed by atoms with Crippen molar-refractivity contribution in [2.75, 3.05) is 13.2 Å². The van der Waals surface area contributed by atoms with Crippen molar-refractivity contribution in [1.29, 1.82) is 0 Å². The minimum atomic E-state index is 0.188. The molecule has 0 bridgehead atoms. The van der Waals surface area contributed by atoms with E-state index in [9.17, 15) is 0 Å². The summed E-state index contributed by atoms with van der Waals surface area (Å²) in [5, 5.41) is 5.74. The highest BCUT2D eigenvalue weighted by atomic mass is 32.1. The second kappa shape index (κ2) is 5.58. The first-order valence-corrected chi connectivity index (χ1v) is 8.02. The van der Waals surface area contributed by atoms with E-state index in [1.165, 1.54) is 16.0 Å². The third kappa shape index (κ3) is 2.89. The van der Waals surface area contributed by atoms with Crippen LogP contribution in [-0.2, 0) is 18.4 Å². The number of benzene rings is 1. The molecule has 20 heavy (non-hydrogen) atoms. The lowest BCUT2D eigenvalue weighted by Crippen LogP contribution is -2.31. The standard InChI is InChI=1S/C17H21NOS/c1-17(2,16-4-3-9-20-16)12-18-11-13-5-6-15-14(10-13)7-8-19-15/h3-6,9-10,18H,7-8,11-12H2,1-2H3. The van der Waals surface area contributed by atoms with Gasteiger partial charge < -0.3 is 10.1 Å². The van der Waals surface area contributed by atoms with Gasteiger partial charge in [0.1, 0.15) is 5.75 Å². The molecule has 0 aliphatic carbocycles. The average Bonchev–Trinajstić information content (AvgIpc) is 3.09. The van der Waals surface area contributed by atoms with Gasteiger partial charge in [0.15, 0.2) is 0 Å². The van der Waals surface area contributed by atoms with Crippen LogP contribution in [0.4, 0.5) is 0 Å². The van der Waals surface area contributed by atoms with Crippen LogP contribution >= 0.6 is 11.3 Å². The average molecular weight is 287 g/mol. The van der Waals surface area contributed by atoms with Crippen LogP contribution in [-0.4, -0.2) is 13.2 Å². The predicted octanol–water partition coefficient (Wildman–Crippen LogP) is 3.75. The minimum Gasteiger partial charge on any atom is -0.493 e. The van der Waals surface area contributed by atoms with E-state index in [0.29, 0.717) is 0 Å². The van der Waals surface area contributed by atoms with Crippen molar-refractivity contribution in [3.05, 3.63) is 51.7 Å². The third-order valence-electron chi connectivity index (χ3n) is 3.84. The number of rotatable bonds is 5. The highest BCUT2D eigenvalue weighted by Crippen LogP contribution is 2.27. The number of fused-ring (bicyclic) bond motifs is 1. The van der Waals surface area contributed by atoms with Gasteiger partial charge in [0.05, 0.1) is 6.61 Å². The molecule has 0 atom stereocenters. The number of thiophene rings is 1. The van der Waals surface area contributed by atoms with E-state index in [1.54, 1.807) is 0 Å². The quantitative estimate of drug-likeness (QED) is 0.904. The van der Waals surface area contributed by atoms with Gasteiger partial charge in [-0.25, -0.2) is 0 Å². The van der Waals surface area contributed by atoms with Gasteiger partial charge in [0, 0.05) is 29.8 Å². The Morgan fingerprint density at radius 2 is 2.20 bits per heavy atom. The topological polar surface area (TPSA) is 21.3 Å². The van der Waals surface area contributed by atoms with Gasteiger partial charge >= 0.3 is 0 Å². The van der Waals surface area contributed by atoms with E-state index >= 15 is 0 Å². The molecule has 2 nitrogen and oxygen atoms in total. The van der Waals surface area contributed by atoms with Gasteiger partial charge in [-0.15, -0.1) is 11.3 Å². The number of hydrogen-bond donors (Lipinski definition) is 1. The molecular formula is C17H21NOS. The maximum Gasteiger partial charge on any atom is 0.122 e. The normalized spacial score (nSPS) is 14.1. The molecule has 0 unspecified atom stereocenters. The summed E-state index contributed by atoms with van der Waals surface area (Å²) in [5.41, 5.74) is 2.88. The molecule has 3 heteroatoms. The van der Waals surface area contributed by atoms with Gasteiger partial charge in [0.2, 0.25) is 0 Å². The summed E-state index contributed by atoms with van der Waals surface area (Å²) in [4.78, 5) is 1.44. The Labute approximate surface area is 124 Å². The first-order valence-electron chi connectivity index (χ1n) is 7.14. The van der Waals surface area contributed by atoms with E-state index in [-0.39, 0.29) is 5.41 Å². The highest BCUT2D eigenvalue weighted by Gasteiger charge is 2.21. The minimum absolute atomic E-state index is 0.188. The Kier molecular flexibility index (Phi) is 3.81. The van der Waals surface area contributed by atoms with Gasteiger partial charge in [-0.3, -0.25) is 0 Å². The van der Waals surface area contributed by atoms with Crippen LogP contribution in [0.1, 0.15) is 29.9 Å². The van der Waals surface area contributed by atoms with E-state index in [2.05, 4.69) is 54.9 Å². The number of nitrogens with one attached hydrogen (secondary N) is 1. The van der Waals surface area contributed by atoms with Crippen molar-refractivity contribution in [2.45, 2.75) is 32.2 Å². The Morgan fingerprint density at radius 1 is 1.30 bits per heavy atom. The molecule has 0 spiro atoms. The maximum atomic E-state index is 5.54. The van der Waals surface area contributed by atoms with E-state index in [0.717, 1.165) is 31.9 Å². The van der Waals surface area contributed by atoms with Crippen LogP contribution in [0.3, 0.4) is 0 Å². The summed E-state index contributed by atoms with van der Waals surface area (Å²) in [5.74, 6) is 1.06. The highest BCUT2D eigenvalue weighted by molar-refractivity contribution is 7.10. The van der Waals surface area contributed by atoms with Crippen molar-refractivity contribution >= 4 is 11.3 Å². The molecule has 0 radical (unpaired) electrons. The van der Waals surface area contributed by atoms with E-state index in [1.807, 2.05) is 11.3 Å². The summed E-state index contributed by atoms with van der Waals surface area (Å²) in [6, 6.07) is 10.9. The SMILES string of the molecule is CC(C)(CNCc1ccc2c(c1)CCO2)c1cccs1. The Morgan fingerprint density at radius 3 is 3.00 bits per heavy atom. The lowest BCUT2D eigenvalue weighted by atomic mass is 9.91. The summed E-state index contributed by atoms with van der Waals surface area (Å²) < 4.78 is 5.54. The molecule has 0 amide bonds. The zero-order valence-corrected chi connectivity index (χ0v) is 12.9. The first kappa shape index (κ1) is 13.7. The molecule has 3 rings (SSSR count). The van der Waals surface area contributed by atoms with Crippen LogP contribution in [0.15, 0.2) is 35.7 Å². The Balaban J connectivity index is 1.57. The van der Waals surface area contributed by atoms with Crippen molar-refractivity contribution in [3.63, 3.8) is 0 Å².